The van der Waals surface area contributed by atoms with E-state index >= 15 is 0 Å². The van der Waals surface area contributed by atoms with Gasteiger partial charge < -0.3 is 20.4 Å². The number of thiophene rings is 1. The molecule has 0 radical (unpaired) electrons. The zero-order valence-corrected chi connectivity index (χ0v) is 19.0. The third-order valence-corrected chi connectivity index (χ3v) is 6.29. The number of carbonyl (C=O) groups is 2. The van der Waals surface area contributed by atoms with Crippen molar-refractivity contribution in [1.82, 2.24) is 10.7 Å². The predicted octanol–water partition coefficient (Wildman–Crippen LogP) is 3.65. The molecule has 0 spiro atoms. The van der Waals surface area contributed by atoms with Crippen molar-refractivity contribution in [2.45, 2.75) is 18.9 Å². The van der Waals surface area contributed by atoms with Crippen LogP contribution >= 0.6 is 38.9 Å². The lowest BCUT2D eigenvalue weighted by Gasteiger charge is -2.30. The van der Waals surface area contributed by atoms with Crippen LogP contribution in [-0.4, -0.2) is 44.7 Å². The maximum Gasteiger partial charge on any atom is 0.262 e. The summed E-state index contributed by atoms with van der Waals surface area (Å²) in [7, 11) is 1.48. The molecule has 10 heteroatoms. The molecule has 1 aliphatic heterocycles. The molecule has 1 fully saturated rings. The van der Waals surface area contributed by atoms with Crippen molar-refractivity contribution >= 4 is 62.1 Å². The van der Waals surface area contributed by atoms with Gasteiger partial charge in [-0.2, -0.15) is 0 Å². The fourth-order valence-corrected chi connectivity index (χ4v) is 4.51. The first kappa shape index (κ1) is 22.0. The van der Waals surface area contributed by atoms with Crippen molar-refractivity contribution in [3.05, 3.63) is 44.0 Å². The molecule has 7 nitrogen and oxygen atoms in total. The average molecular weight is 502 g/mol. The summed E-state index contributed by atoms with van der Waals surface area (Å²) in [5.41, 5.74) is 4.73. The maximum atomic E-state index is 12.7. The van der Waals surface area contributed by atoms with E-state index in [1.54, 1.807) is 24.3 Å². The van der Waals surface area contributed by atoms with Crippen LogP contribution in [0.15, 0.2) is 34.1 Å². The Labute approximate surface area is 186 Å². The van der Waals surface area contributed by atoms with Gasteiger partial charge in [-0.3, -0.25) is 9.59 Å². The van der Waals surface area contributed by atoms with Gasteiger partial charge in [-0.15, -0.1) is 11.3 Å². The van der Waals surface area contributed by atoms with Crippen molar-refractivity contribution in [2.24, 2.45) is 0 Å². The van der Waals surface area contributed by atoms with E-state index in [1.807, 2.05) is 11.1 Å². The second-order valence-corrected chi connectivity index (χ2v) is 9.38. The maximum absolute atomic E-state index is 12.7. The van der Waals surface area contributed by atoms with E-state index in [-0.39, 0.29) is 18.4 Å². The number of hydrogen-bond donors (Lipinski definition) is 3. The van der Waals surface area contributed by atoms with Gasteiger partial charge in [0.1, 0.15) is 6.04 Å². The van der Waals surface area contributed by atoms with E-state index < -0.39 is 6.04 Å². The van der Waals surface area contributed by atoms with Crippen molar-refractivity contribution in [3.8, 4) is 0 Å². The molecule has 1 atom stereocenters. The van der Waals surface area contributed by atoms with Crippen LogP contribution in [0.4, 0.5) is 11.4 Å². The average Bonchev–Trinajstić information content (AvgIpc) is 3.15. The molecule has 3 rings (SSSR count). The summed E-state index contributed by atoms with van der Waals surface area (Å²) < 4.78 is 5.95. The summed E-state index contributed by atoms with van der Waals surface area (Å²) in [6.45, 7) is 1.84. The quantitative estimate of drug-likeness (QED) is 0.539. The van der Waals surface area contributed by atoms with Crippen LogP contribution in [0, 0.1) is 0 Å². The Kier molecular flexibility index (Phi) is 7.91. The minimum atomic E-state index is -0.837. The highest BCUT2D eigenvalue weighted by molar-refractivity contribution is 9.11. The lowest BCUT2D eigenvalue weighted by atomic mass is 10.2. The van der Waals surface area contributed by atoms with E-state index in [1.165, 1.54) is 18.4 Å². The Morgan fingerprint density at radius 2 is 2.17 bits per heavy atom. The number of rotatable bonds is 7. The molecule has 2 aromatic rings. The smallest absolute Gasteiger partial charge is 0.262 e. The Morgan fingerprint density at radius 1 is 1.34 bits per heavy atom. The number of nitrogens with zero attached hydrogens (tertiary/aromatic N) is 1. The molecule has 29 heavy (non-hydrogen) atoms. The number of hydrogen-bond acceptors (Lipinski definition) is 6. The second-order valence-electron chi connectivity index (χ2n) is 6.51. The molecule has 1 aromatic heterocycles. The zero-order chi connectivity index (χ0) is 20.8. The molecule has 1 aliphatic rings. The van der Waals surface area contributed by atoms with E-state index in [4.69, 9.17) is 16.3 Å². The summed E-state index contributed by atoms with van der Waals surface area (Å²) >= 11 is 11.0. The summed E-state index contributed by atoms with van der Waals surface area (Å²) in [4.78, 5) is 25.6. The molecule has 1 aromatic carbocycles. The minimum absolute atomic E-state index is 0.0492. The van der Waals surface area contributed by atoms with E-state index in [2.05, 4.69) is 32.0 Å². The van der Waals surface area contributed by atoms with Gasteiger partial charge >= 0.3 is 0 Å². The van der Waals surface area contributed by atoms with E-state index in [0.717, 1.165) is 35.4 Å². The first-order valence-corrected chi connectivity index (χ1v) is 11.1. The Balaban J connectivity index is 1.65. The minimum Gasteiger partial charge on any atom is -0.382 e. The number of hydrazine groups is 1. The van der Waals surface area contributed by atoms with Crippen LogP contribution < -0.4 is 21.1 Å². The predicted molar refractivity (Wildman–Crippen MR) is 120 cm³/mol. The number of nitrogens with one attached hydrogen (secondary N) is 3. The highest BCUT2D eigenvalue weighted by Crippen LogP contribution is 2.29. The van der Waals surface area contributed by atoms with Crippen molar-refractivity contribution in [3.63, 3.8) is 0 Å². The van der Waals surface area contributed by atoms with Gasteiger partial charge in [0.25, 0.3) is 5.91 Å². The first-order chi connectivity index (χ1) is 14.0. The largest absolute Gasteiger partial charge is 0.382 e. The number of anilines is 2. The second kappa shape index (κ2) is 10.4. The number of halogens is 2. The van der Waals surface area contributed by atoms with Gasteiger partial charge in [0.15, 0.2) is 0 Å². The first-order valence-electron chi connectivity index (χ1n) is 9.14. The molecule has 156 valence electrons. The van der Waals surface area contributed by atoms with Crippen LogP contribution in [0.1, 0.15) is 22.5 Å². The molecule has 0 saturated carbocycles. The number of benzene rings is 1. The van der Waals surface area contributed by atoms with Gasteiger partial charge in [-0.05, 0) is 59.1 Å². The van der Waals surface area contributed by atoms with Gasteiger partial charge in [-0.25, -0.2) is 5.43 Å². The van der Waals surface area contributed by atoms with Gasteiger partial charge in [-0.1, -0.05) is 11.6 Å². The number of methoxy groups -OCH3 is 1. The Hall–Kier alpha value is -1.65. The fourth-order valence-electron chi connectivity index (χ4n) is 2.94. The monoisotopic (exact) mass is 500 g/mol. The molecule has 0 unspecified atom stereocenters. The van der Waals surface area contributed by atoms with Crippen LogP contribution in [0.25, 0.3) is 0 Å². The van der Waals surface area contributed by atoms with Crippen molar-refractivity contribution < 1.29 is 14.3 Å². The Bertz CT molecular complexity index is 873. The molecular formula is C19H22BrClN4O3S. The third kappa shape index (κ3) is 5.93. The molecule has 2 heterocycles. The van der Waals surface area contributed by atoms with Gasteiger partial charge in [0.05, 0.1) is 26.0 Å². The number of ether oxygens (including phenoxy) is 1. The zero-order valence-electron chi connectivity index (χ0n) is 15.8. The SMILES string of the molecule is COC[C@@H](NC(=O)c1ccc(Br)s1)C(=O)Nc1ccc(N2CCCCN2)c(Cl)c1. The molecule has 0 aliphatic carbocycles. The van der Waals surface area contributed by atoms with Gasteiger partial charge in [0.2, 0.25) is 5.91 Å². The van der Waals surface area contributed by atoms with E-state index in [9.17, 15) is 9.59 Å². The number of carbonyl (C=O) groups excluding carboxylic acids is 2. The normalized spacial score (nSPS) is 15.1. The lowest BCUT2D eigenvalue weighted by Crippen LogP contribution is -2.46. The highest BCUT2D eigenvalue weighted by atomic mass is 79.9. The summed E-state index contributed by atoms with van der Waals surface area (Å²) in [5, 5.41) is 8.06. The highest BCUT2D eigenvalue weighted by Gasteiger charge is 2.23. The van der Waals surface area contributed by atoms with Crippen molar-refractivity contribution in [1.29, 1.82) is 0 Å². The molecule has 2 amide bonds. The molecule has 1 saturated heterocycles. The molecule has 0 bridgehead atoms. The third-order valence-electron chi connectivity index (χ3n) is 4.37. The standard InChI is InChI=1S/C19H22BrClN4O3S/c1-28-11-14(24-19(27)16-6-7-17(20)29-16)18(26)23-12-4-5-15(13(21)10-12)25-9-3-2-8-22-25/h4-7,10,14,22H,2-3,8-9,11H2,1H3,(H,23,26)(H,24,27)/t14-/m1/s1. The van der Waals surface area contributed by atoms with Gasteiger partial charge in [0, 0.05) is 25.9 Å². The summed E-state index contributed by atoms with van der Waals surface area (Å²) in [5.74, 6) is -0.710. The van der Waals surface area contributed by atoms with Crippen LogP contribution in [0.2, 0.25) is 5.02 Å². The van der Waals surface area contributed by atoms with Crippen molar-refractivity contribution in [2.75, 3.05) is 37.1 Å². The van der Waals surface area contributed by atoms with E-state index in [0.29, 0.717) is 15.6 Å². The summed E-state index contributed by atoms with van der Waals surface area (Å²) in [6.07, 6.45) is 2.23. The number of amides is 2. The topological polar surface area (TPSA) is 82.7 Å². The summed E-state index contributed by atoms with van der Waals surface area (Å²) in [6, 6.07) is 7.99. The van der Waals surface area contributed by atoms with Crippen LogP contribution in [-0.2, 0) is 9.53 Å². The Morgan fingerprint density at radius 3 is 2.79 bits per heavy atom. The van der Waals surface area contributed by atoms with Crippen LogP contribution in [0.5, 0.6) is 0 Å². The molecule has 3 N–H and O–H groups in total. The van der Waals surface area contributed by atoms with Crippen LogP contribution in [0.3, 0.4) is 0 Å². The lowest BCUT2D eigenvalue weighted by molar-refractivity contribution is -0.119. The molecular weight excluding hydrogens is 480 g/mol. The fraction of sp³-hybridized carbons (Fsp3) is 0.368.